The first-order chi connectivity index (χ1) is 13.5. The zero-order valence-electron chi connectivity index (χ0n) is 15.5. The van der Waals surface area contributed by atoms with Gasteiger partial charge in [0, 0.05) is 43.0 Å². The highest BCUT2D eigenvalue weighted by atomic mass is 32.2. The van der Waals surface area contributed by atoms with E-state index < -0.39 is 5.92 Å². The minimum absolute atomic E-state index is 0.00688. The first-order valence-corrected chi connectivity index (χ1v) is 10.4. The number of hydrogen-bond donors (Lipinski definition) is 1. The van der Waals surface area contributed by atoms with Gasteiger partial charge in [-0.25, -0.2) is 4.09 Å². The Morgan fingerprint density at radius 3 is 2.68 bits per heavy atom. The summed E-state index contributed by atoms with van der Waals surface area (Å²) in [6.07, 6.45) is 1.91. The normalized spacial score (nSPS) is 14.3. The van der Waals surface area contributed by atoms with Crippen LogP contribution in [0.1, 0.15) is 28.4 Å². The molecule has 0 radical (unpaired) electrons. The van der Waals surface area contributed by atoms with Crippen LogP contribution in [0.15, 0.2) is 45.5 Å². The van der Waals surface area contributed by atoms with Crippen LogP contribution in [0.3, 0.4) is 0 Å². The van der Waals surface area contributed by atoms with Crippen molar-refractivity contribution in [3.05, 3.63) is 68.7 Å². The highest BCUT2D eigenvalue weighted by Crippen LogP contribution is 2.31. The lowest BCUT2D eigenvalue weighted by molar-refractivity contribution is -0.134. The van der Waals surface area contributed by atoms with E-state index in [1.807, 2.05) is 43.5 Å². The molecule has 3 aromatic rings. The van der Waals surface area contributed by atoms with E-state index in [9.17, 15) is 14.7 Å². The standard InChI is InChI=1S/C19H20N4O3S2/c1-12-18(27-19(26)21(12)2)28-23-9-14-8-22(10-16(14)20-23)17(25)15(11-24)13-6-4-3-5-7-13/h3-7,9,15,24H,8,10-11H2,1-2H3. The molecule has 3 heterocycles. The van der Waals surface area contributed by atoms with Gasteiger partial charge in [0.1, 0.15) is 4.21 Å². The van der Waals surface area contributed by atoms with Crippen LogP contribution in [0.5, 0.6) is 0 Å². The second-order valence-electron chi connectivity index (χ2n) is 6.73. The number of amides is 1. The van der Waals surface area contributed by atoms with Crippen LogP contribution in [-0.4, -0.2) is 36.3 Å². The van der Waals surface area contributed by atoms with Gasteiger partial charge in [-0.1, -0.05) is 41.7 Å². The quantitative estimate of drug-likeness (QED) is 0.689. The van der Waals surface area contributed by atoms with Crippen LogP contribution < -0.4 is 4.87 Å². The Kier molecular flexibility index (Phi) is 5.13. The van der Waals surface area contributed by atoms with Crippen molar-refractivity contribution in [2.75, 3.05) is 6.61 Å². The van der Waals surface area contributed by atoms with Gasteiger partial charge >= 0.3 is 4.87 Å². The molecule has 28 heavy (non-hydrogen) atoms. The maximum atomic E-state index is 12.9. The predicted octanol–water partition coefficient (Wildman–Crippen LogP) is 2.13. The number of fused-ring (bicyclic) bond motifs is 1. The molecule has 0 aliphatic carbocycles. The SMILES string of the molecule is Cc1c(Sn2cc3c(n2)CN(C(=O)C(CO)c2ccccc2)C3)sc(=O)n1C. The molecule has 1 N–H and O–H groups in total. The van der Waals surface area contributed by atoms with E-state index in [-0.39, 0.29) is 17.4 Å². The molecule has 1 atom stereocenters. The largest absolute Gasteiger partial charge is 0.395 e. The molecule has 0 bridgehead atoms. The number of aliphatic hydroxyl groups is 1. The van der Waals surface area contributed by atoms with Gasteiger partial charge in [-0.2, -0.15) is 5.10 Å². The molecule has 1 aromatic carbocycles. The van der Waals surface area contributed by atoms with Crippen LogP contribution in [0.4, 0.5) is 0 Å². The van der Waals surface area contributed by atoms with Gasteiger partial charge < -0.3 is 14.6 Å². The van der Waals surface area contributed by atoms with Crippen LogP contribution >= 0.6 is 23.3 Å². The number of carbonyl (C=O) groups is 1. The van der Waals surface area contributed by atoms with Gasteiger partial charge in [0.25, 0.3) is 0 Å². The molecule has 7 nitrogen and oxygen atoms in total. The molecule has 1 aliphatic rings. The number of aliphatic hydroxyl groups excluding tert-OH is 1. The van der Waals surface area contributed by atoms with Crippen molar-refractivity contribution in [2.24, 2.45) is 7.05 Å². The van der Waals surface area contributed by atoms with E-state index in [0.717, 1.165) is 26.7 Å². The van der Waals surface area contributed by atoms with Gasteiger partial charge in [0.15, 0.2) is 0 Å². The topological polar surface area (TPSA) is 80.4 Å². The molecule has 0 fully saturated rings. The molecule has 9 heteroatoms. The Morgan fingerprint density at radius 1 is 1.32 bits per heavy atom. The Morgan fingerprint density at radius 2 is 2.07 bits per heavy atom. The second-order valence-corrected chi connectivity index (χ2v) is 8.92. The molecule has 0 saturated carbocycles. The third-order valence-electron chi connectivity index (χ3n) is 4.98. The van der Waals surface area contributed by atoms with E-state index in [1.54, 1.807) is 20.6 Å². The summed E-state index contributed by atoms with van der Waals surface area (Å²) in [5.74, 6) is -0.654. The third kappa shape index (κ3) is 3.41. The van der Waals surface area contributed by atoms with E-state index in [0.29, 0.717) is 13.1 Å². The monoisotopic (exact) mass is 416 g/mol. The summed E-state index contributed by atoms with van der Waals surface area (Å²) < 4.78 is 4.29. The number of thiazole rings is 1. The van der Waals surface area contributed by atoms with Crippen LogP contribution in [0, 0.1) is 6.92 Å². The molecule has 2 aromatic heterocycles. The Hall–Kier alpha value is -2.36. The number of aromatic nitrogens is 3. The minimum atomic E-state index is -0.559. The Labute approximate surface area is 170 Å². The number of nitrogens with zero attached hydrogens (tertiary/aromatic N) is 4. The summed E-state index contributed by atoms with van der Waals surface area (Å²) in [6.45, 7) is 2.59. The summed E-state index contributed by atoms with van der Waals surface area (Å²) in [5, 5.41) is 14.3. The van der Waals surface area contributed by atoms with Crippen molar-refractivity contribution >= 4 is 29.2 Å². The molecular formula is C19H20N4O3S2. The van der Waals surface area contributed by atoms with Gasteiger partial charge in [-0.15, -0.1) is 0 Å². The fraction of sp³-hybridized carbons (Fsp3) is 0.316. The molecular weight excluding hydrogens is 396 g/mol. The van der Waals surface area contributed by atoms with Crippen LogP contribution in [0.2, 0.25) is 0 Å². The maximum absolute atomic E-state index is 12.9. The van der Waals surface area contributed by atoms with Gasteiger partial charge in [-0.05, 0) is 12.5 Å². The molecule has 1 unspecified atom stereocenters. The maximum Gasteiger partial charge on any atom is 0.308 e. The van der Waals surface area contributed by atoms with Crippen molar-refractivity contribution in [2.45, 2.75) is 30.1 Å². The predicted molar refractivity (Wildman–Crippen MR) is 108 cm³/mol. The van der Waals surface area contributed by atoms with E-state index >= 15 is 0 Å². The molecule has 0 saturated heterocycles. The molecule has 0 spiro atoms. The number of hydrogen-bond acceptors (Lipinski definition) is 6. The summed E-state index contributed by atoms with van der Waals surface area (Å²) in [4.78, 5) is 26.4. The van der Waals surface area contributed by atoms with Crippen molar-refractivity contribution in [3.63, 3.8) is 0 Å². The lowest BCUT2D eigenvalue weighted by Gasteiger charge is -2.22. The molecule has 146 valence electrons. The third-order valence-corrected chi connectivity index (χ3v) is 7.22. The van der Waals surface area contributed by atoms with E-state index in [1.165, 1.54) is 23.3 Å². The van der Waals surface area contributed by atoms with Gasteiger partial charge in [0.05, 0.1) is 24.8 Å². The smallest absolute Gasteiger partial charge is 0.308 e. The summed E-state index contributed by atoms with van der Waals surface area (Å²) in [6, 6.07) is 9.34. The first kappa shape index (κ1) is 19.0. The summed E-state index contributed by atoms with van der Waals surface area (Å²) >= 11 is 2.61. The van der Waals surface area contributed by atoms with E-state index in [4.69, 9.17) is 0 Å². The summed E-state index contributed by atoms with van der Waals surface area (Å²) in [7, 11) is 1.76. The van der Waals surface area contributed by atoms with Crippen molar-refractivity contribution in [1.82, 2.24) is 18.7 Å². The van der Waals surface area contributed by atoms with Crippen molar-refractivity contribution in [1.29, 1.82) is 0 Å². The fourth-order valence-corrected chi connectivity index (χ4v) is 5.29. The first-order valence-electron chi connectivity index (χ1n) is 8.84. The lowest BCUT2D eigenvalue weighted by atomic mass is 9.98. The number of carbonyl (C=O) groups excluding carboxylic acids is 1. The second kappa shape index (κ2) is 7.57. The highest BCUT2D eigenvalue weighted by Gasteiger charge is 2.31. The summed E-state index contributed by atoms with van der Waals surface area (Å²) in [5.41, 5.74) is 3.58. The minimum Gasteiger partial charge on any atom is -0.395 e. The highest BCUT2D eigenvalue weighted by molar-refractivity contribution is 7.99. The van der Waals surface area contributed by atoms with Gasteiger partial charge in [-0.3, -0.25) is 9.59 Å². The van der Waals surface area contributed by atoms with Crippen LogP contribution in [0.25, 0.3) is 0 Å². The Bertz CT molecular complexity index is 1050. The average Bonchev–Trinajstić information content (AvgIpc) is 3.32. The van der Waals surface area contributed by atoms with Crippen molar-refractivity contribution in [3.8, 4) is 0 Å². The van der Waals surface area contributed by atoms with E-state index in [2.05, 4.69) is 5.10 Å². The molecule has 1 amide bonds. The zero-order valence-corrected chi connectivity index (χ0v) is 17.2. The lowest BCUT2D eigenvalue weighted by Crippen LogP contribution is -2.32. The Balaban J connectivity index is 1.47. The van der Waals surface area contributed by atoms with Crippen LogP contribution in [-0.2, 0) is 24.9 Å². The molecule has 4 rings (SSSR count). The average molecular weight is 417 g/mol. The zero-order chi connectivity index (χ0) is 19.8. The number of rotatable bonds is 5. The number of benzene rings is 1. The fourth-order valence-electron chi connectivity index (χ4n) is 3.23. The van der Waals surface area contributed by atoms with Crippen molar-refractivity contribution < 1.29 is 9.90 Å². The van der Waals surface area contributed by atoms with Gasteiger partial charge in [0.2, 0.25) is 5.91 Å². The molecule has 1 aliphatic heterocycles.